The quantitative estimate of drug-likeness (QED) is 0.264. The second-order valence-electron chi connectivity index (χ2n) is 9.45. The molecule has 0 aliphatic carbocycles. The van der Waals surface area contributed by atoms with Crippen LogP contribution in [-0.4, -0.2) is 34.4 Å². The fourth-order valence-electron chi connectivity index (χ4n) is 4.85. The first-order valence-electron chi connectivity index (χ1n) is 12.3. The lowest BCUT2D eigenvalue weighted by molar-refractivity contribution is 0.271. The number of nitrogens with one attached hydrogen (secondary N) is 3. The van der Waals surface area contributed by atoms with Crippen LogP contribution in [-0.2, 0) is 0 Å². The van der Waals surface area contributed by atoms with Crippen LogP contribution in [0.15, 0.2) is 35.1 Å². The highest BCUT2D eigenvalue weighted by molar-refractivity contribution is 7.15. The molecule has 36 heavy (non-hydrogen) atoms. The molecular formula is C27H30ClN5O2S. The molecule has 0 saturated carbocycles. The molecule has 7 nitrogen and oxygen atoms in total. The number of pyridine rings is 1. The molecular weight excluding hydrogens is 494 g/mol. The highest BCUT2D eigenvalue weighted by Crippen LogP contribution is 2.39. The Morgan fingerprint density at radius 1 is 1.11 bits per heavy atom. The van der Waals surface area contributed by atoms with Gasteiger partial charge in [-0.15, -0.1) is 10.2 Å². The van der Waals surface area contributed by atoms with Crippen molar-refractivity contribution in [2.75, 3.05) is 18.5 Å². The molecule has 3 N–H and O–H groups in total. The van der Waals surface area contributed by atoms with Crippen molar-refractivity contribution in [2.24, 2.45) is 0 Å². The lowest BCUT2D eigenvalue weighted by Gasteiger charge is -2.24. The molecule has 0 radical (unpaired) electrons. The monoisotopic (exact) mass is 523 g/mol. The predicted molar refractivity (Wildman–Crippen MR) is 148 cm³/mol. The van der Waals surface area contributed by atoms with E-state index in [0.29, 0.717) is 45.3 Å². The number of fused-ring (bicyclic) bond motifs is 1. The average Bonchev–Trinajstić information content (AvgIpc) is 3.24. The van der Waals surface area contributed by atoms with Crippen molar-refractivity contribution in [1.29, 1.82) is 0 Å². The van der Waals surface area contributed by atoms with Crippen LogP contribution in [0.3, 0.4) is 0 Å². The summed E-state index contributed by atoms with van der Waals surface area (Å²) < 4.78 is 6.46. The van der Waals surface area contributed by atoms with Crippen molar-refractivity contribution in [1.82, 2.24) is 20.5 Å². The molecule has 1 atom stereocenters. The molecule has 0 amide bonds. The van der Waals surface area contributed by atoms with Gasteiger partial charge in [-0.2, -0.15) is 0 Å². The first-order chi connectivity index (χ1) is 17.4. The van der Waals surface area contributed by atoms with E-state index in [1.807, 2.05) is 39.0 Å². The lowest BCUT2D eigenvalue weighted by Crippen LogP contribution is -2.35. The number of aryl methyl sites for hydroxylation is 3. The van der Waals surface area contributed by atoms with E-state index in [0.717, 1.165) is 46.5 Å². The van der Waals surface area contributed by atoms with E-state index in [2.05, 4.69) is 31.9 Å². The second kappa shape index (κ2) is 10.6. The van der Waals surface area contributed by atoms with E-state index in [4.69, 9.17) is 16.3 Å². The number of anilines is 2. The van der Waals surface area contributed by atoms with Crippen LogP contribution in [0.5, 0.6) is 5.75 Å². The molecule has 188 valence electrons. The van der Waals surface area contributed by atoms with Crippen LogP contribution in [0.25, 0.3) is 22.0 Å². The number of piperidine rings is 1. The number of hydrogen-bond donors (Lipinski definition) is 3. The van der Waals surface area contributed by atoms with Gasteiger partial charge in [0.15, 0.2) is 0 Å². The predicted octanol–water partition coefficient (Wildman–Crippen LogP) is 6.28. The topological polar surface area (TPSA) is 91.9 Å². The van der Waals surface area contributed by atoms with Gasteiger partial charge in [0.1, 0.15) is 10.8 Å². The van der Waals surface area contributed by atoms with Crippen LogP contribution in [0.2, 0.25) is 5.02 Å². The van der Waals surface area contributed by atoms with Crippen LogP contribution in [0.4, 0.5) is 10.8 Å². The molecule has 4 aromatic rings. The molecule has 2 aromatic carbocycles. The zero-order valence-corrected chi connectivity index (χ0v) is 22.3. The van der Waals surface area contributed by atoms with Crippen molar-refractivity contribution >= 4 is 44.7 Å². The SMILES string of the molecule is Cc1cc(C)cc(-c2c(OCC[C@@H]3CCCCN3)c3cc(Nc4nnc(C)s4)c(Cl)cc3[nH]c2=O)c1. The highest BCUT2D eigenvalue weighted by atomic mass is 35.5. The molecule has 1 aliphatic rings. The third-order valence-corrected chi connectivity index (χ3v) is 7.52. The number of benzene rings is 2. The number of nitrogens with zero attached hydrogens (tertiary/aromatic N) is 2. The summed E-state index contributed by atoms with van der Waals surface area (Å²) in [5, 5.41) is 17.8. The molecule has 0 spiro atoms. The zero-order valence-electron chi connectivity index (χ0n) is 20.7. The van der Waals surface area contributed by atoms with Gasteiger partial charge in [-0.1, -0.05) is 58.7 Å². The number of aromatic nitrogens is 3. The van der Waals surface area contributed by atoms with Gasteiger partial charge in [0, 0.05) is 11.4 Å². The highest BCUT2D eigenvalue weighted by Gasteiger charge is 2.20. The molecule has 0 bridgehead atoms. The van der Waals surface area contributed by atoms with Crippen LogP contribution >= 0.6 is 22.9 Å². The maximum absolute atomic E-state index is 13.4. The zero-order chi connectivity index (χ0) is 25.2. The molecule has 9 heteroatoms. The fourth-order valence-corrected chi connectivity index (χ4v) is 5.66. The third-order valence-electron chi connectivity index (χ3n) is 6.46. The van der Waals surface area contributed by atoms with E-state index in [-0.39, 0.29) is 5.56 Å². The Hall–Kier alpha value is -2.94. The Balaban J connectivity index is 1.61. The van der Waals surface area contributed by atoms with Gasteiger partial charge in [0.2, 0.25) is 5.13 Å². The smallest absolute Gasteiger partial charge is 0.260 e. The van der Waals surface area contributed by atoms with Crippen molar-refractivity contribution in [3.63, 3.8) is 0 Å². The Morgan fingerprint density at radius 3 is 2.61 bits per heavy atom. The van der Waals surface area contributed by atoms with Gasteiger partial charge < -0.3 is 20.4 Å². The minimum Gasteiger partial charge on any atom is -0.492 e. The van der Waals surface area contributed by atoms with Crippen LogP contribution in [0.1, 0.15) is 41.8 Å². The van der Waals surface area contributed by atoms with Crippen molar-refractivity contribution in [3.05, 3.63) is 61.8 Å². The Bertz CT molecular complexity index is 1440. The summed E-state index contributed by atoms with van der Waals surface area (Å²) in [5.41, 5.74) is 4.66. The molecule has 0 unspecified atom stereocenters. The maximum atomic E-state index is 13.4. The summed E-state index contributed by atoms with van der Waals surface area (Å²) in [6.07, 6.45) is 4.48. The van der Waals surface area contributed by atoms with Gasteiger partial charge in [0.25, 0.3) is 5.56 Å². The number of ether oxygens (including phenoxy) is 1. The van der Waals surface area contributed by atoms with Gasteiger partial charge in [-0.25, -0.2) is 0 Å². The van der Waals surface area contributed by atoms with E-state index in [1.54, 1.807) is 6.07 Å². The summed E-state index contributed by atoms with van der Waals surface area (Å²) in [6.45, 7) is 7.53. The average molecular weight is 524 g/mol. The molecule has 1 aliphatic heterocycles. The molecule has 3 heterocycles. The van der Waals surface area contributed by atoms with Crippen LogP contribution < -0.4 is 20.9 Å². The molecule has 5 rings (SSSR count). The second-order valence-corrected chi connectivity index (χ2v) is 11.0. The van der Waals surface area contributed by atoms with Crippen LogP contribution in [0, 0.1) is 20.8 Å². The number of rotatable bonds is 7. The van der Waals surface area contributed by atoms with E-state index < -0.39 is 0 Å². The fraction of sp³-hybridized carbons (Fsp3) is 0.370. The molecule has 1 fully saturated rings. The summed E-state index contributed by atoms with van der Waals surface area (Å²) in [5.74, 6) is 0.572. The Morgan fingerprint density at radius 2 is 1.92 bits per heavy atom. The largest absolute Gasteiger partial charge is 0.492 e. The maximum Gasteiger partial charge on any atom is 0.260 e. The Labute approximate surface area is 219 Å². The minimum absolute atomic E-state index is 0.199. The van der Waals surface area contributed by atoms with E-state index in [9.17, 15) is 4.79 Å². The molecule has 1 saturated heterocycles. The summed E-state index contributed by atoms with van der Waals surface area (Å²) in [6, 6.07) is 10.3. The van der Waals surface area contributed by atoms with Gasteiger partial charge >= 0.3 is 0 Å². The third kappa shape index (κ3) is 5.40. The number of hydrogen-bond acceptors (Lipinski definition) is 7. The van der Waals surface area contributed by atoms with Crippen molar-refractivity contribution < 1.29 is 4.74 Å². The van der Waals surface area contributed by atoms with Gasteiger partial charge in [-0.3, -0.25) is 4.79 Å². The Kier molecular flexibility index (Phi) is 7.27. The first-order valence-corrected chi connectivity index (χ1v) is 13.5. The summed E-state index contributed by atoms with van der Waals surface area (Å²) in [7, 11) is 0. The normalized spacial score (nSPS) is 15.8. The minimum atomic E-state index is -0.199. The number of halogens is 1. The van der Waals surface area contributed by atoms with Gasteiger partial charge in [-0.05, 0) is 64.3 Å². The summed E-state index contributed by atoms with van der Waals surface area (Å²) >= 11 is 8.04. The van der Waals surface area contributed by atoms with E-state index >= 15 is 0 Å². The van der Waals surface area contributed by atoms with E-state index in [1.165, 1.54) is 24.2 Å². The van der Waals surface area contributed by atoms with Crippen molar-refractivity contribution in [3.8, 4) is 16.9 Å². The number of aromatic amines is 1. The standard InChI is InChI=1S/C27H30ClN5O2S/c1-15-10-16(2)12-18(11-15)24-25(35-9-7-19-6-4-5-8-29-19)20-13-23(31-27-33-32-17(3)36-27)21(28)14-22(20)30-26(24)34/h10-14,19,29H,4-9H2,1-3H3,(H,30,34)(H,31,33)/t19-/m0/s1. The summed E-state index contributed by atoms with van der Waals surface area (Å²) in [4.78, 5) is 16.4. The first kappa shape index (κ1) is 24.7. The van der Waals surface area contributed by atoms with Gasteiger partial charge in [0.05, 0.1) is 28.4 Å². The van der Waals surface area contributed by atoms with Crippen molar-refractivity contribution in [2.45, 2.75) is 52.5 Å². The lowest BCUT2D eigenvalue weighted by atomic mass is 9.99. The number of H-pyrrole nitrogens is 1. The molecule has 2 aromatic heterocycles.